The van der Waals surface area contributed by atoms with Gasteiger partial charge in [0.15, 0.2) is 0 Å². The molecule has 104 valence electrons. The van der Waals surface area contributed by atoms with Crippen LogP contribution >= 0.6 is 0 Å². The van der Waals surface area contributed by atoms with Crippen molar-refractivity contribution >= 4 is 5.82 Å². The Kier molecular flexibility index (Phi) is 6.91. The highest BCUT2D eigenvalue weighted by Gasteiger charge is 2.08. The van der Waals surface area contributed by atoms with E-state index in [1.807, 2.05) is 12.3 Å². The van der Waals surface area contributed by atoms with Crippen LogP contribution in [-0.4, -0.2) is 29.5 Å². The second-order valence-corrected chi connectivity index (χ2v) is 5.12. The highest BCUT2D eigenvalue weighted by Crippen LogP contribution is 2.11. The van der Waals surface area contributed by atoms with Gasteiger partial charge in [-0.3, -0.25) is 4.90 Å². The Hall–Kier alpha value is -1.60. The number of nitrogens with one attached hydrogen (secondary N) is 1. The summed E-state index contributed by atoms with van der Waals surface area (Å²) in [6.45, 7) is 10.1. The maximum Gasteiger partial charge on any atom is 0.126 e. The van der Waals surface area contributed by atoms with E-state index in [0.717, 1.165) is 32.0 Å². The molecule has 1 rings (SSSR count). The van der Waals surface area contributed by atoms with Crippen LogP contribution in [-0.2, 0) is 6.54 Å². The molecule has 1 heterocycles. The van der Waals surface area contributed by atoms with Crippen molar-refractivity contribution in [1.29, 1.82) is 5.26 Å². The summed E-state index contributed by atoms with van der Waals surface area (Å²) in [7, 11) is 0. The number of hydrogen-bond donors (Lipinski definition) is 1. The fourth-order valence-electron chi connectivity index (χ4n) is 2.07. The molecule has 0 fully saturated rings. The van der Waals surface area contributed by atoms with Gasteiger partial charge in [-0.05, 0) is 30.5 Å². The molecule has 0 saturated carbocycles. The van der Waals surface area contributed by atoms with Crippen LogP contribution < -0.4 is 5.32 Å². The van der Waals surface area contributed by atoms with E-state index in [2.05, 4.69) is 48.1 Å². The molecule has 1 N–H and O–H groups in total. The Morgan fingerprint density at radius 2 is 2.26 bits per heavy atom. The zero-order valence-electron chi connectivity index (χ0n) is 12.2. The van der Waals surface area contributed by atoms with E-state index in [1.54, 1.807) is 0 Å². The topological polar surface area (TPSA) is 52.0 Å². The third-order valence-electron chi connectivity index (χ3n) is 2.75. The molecular weight excluding hydrogens is 236 g/mol. The van der Waals surface area contributed by atoms with Crippen molar-refractivity contribution in [3.05, 3.63) is 23.9 Å². The lowest BCUT2D eigenvalue weighted by Crippen LogP contribution is -2.28. The molecule has 0 unspecified atom stereocenters. The van der Waals surface area contributed by atoms with Gasteiger partial charge in [-0.25, -0.2) is 4.98 Å². The summed E-state index contributed by atoms with van der Waals surface area (Å²) in [4.78, 5) is 6.61. The molecule has 4 nitrogen and oxygen atoms in total. The summed E-state index contributed by atoms with van der Waals surface area (Å²) in [5.41, 5.74) is 1.24. The number of aromatic nitrogens is 1. The van der Waals surface area contributed by atoms with E-state index < -0.39 is 0 Å². The van der Waals surface area contributed by atoms with Crippen molar-refractivity contribution in [3.8, 4) is 6.07 Å². The molecule has 0 radical (unpaired) electrons. The van der Waals surface area contributed by atoms with Gasteiger partial charge in [0.25, 0.3) is 0 Å². The normalized spacial score (nSPS) is 10.7. The number of nitrogens with zero attached hydrogens (tertiary/aromatic N) is 3. The largest absolute Gasteiger partial charge is 0.370 e. The first-order valence-electron chi connectivity index (χ1n) is 6.93. The van der Waals surface area contributed by atoms with E-state index in [4.69, 9.17) is 5.26 Å². The SMILES string of the molecule is CCNc1cc(CN(CCC#N)CC(C)C)ccn1. The lowest BCUT2D eigenvalue weighted by molar-refractivity contribution is 0.241. The van der Waals surface area contributed by atoms with Crippen LogP contribution in [0, 0.1) is 17.2 Å². The van der Waals surface area contributed by atoms with E-state index >= 15 is 0 Å². The van der Waals surface area contributed by atoms with Gasteiger partial charge in [0.1, 0.15) is 5.82 Å². The highest BCUT2D eigenvalue weighted by molar-refractivity contribution is 5.37. The van der Waals surface area contributed by atoms with Gasteiger partial charge in [0, 0.05) is 38.8 Å². The molecule has 4 heteroatoms. The minimum atomic E-state index is 0.581. The van der Waals surface area contributed by atoms with Gasteiger partial charge in [-0.15, -0.1) is 0 Å². The molecule has 0 amide bonds. The van der Waals surface area contributed by atoms with Crippen LogP contribution in [0.4, 0.5) is 5.82 Å². The molecule has 0 aliphatic carbocycles. The lowest BCUT2D eigenvalue weighted by atomic mass is 10.1. The van der Waals surface area contributed by atoms with Crippen molar-refractivity contribution in [3.63, 3.8) is 0 Å². The molecule has 19 heavy (non-hydrogen) atoms. The quantitative estimate of drug-likeness (QED) is 0.781. The minimum Gasteiger partial charge on any atom is -0.370 e. The van der Waals surface area contributed by atoms with Crippen LogP contribution in [0.1, 0.15) is 32.8 Å². The Bertz CT molecular complexity index is 409. The third kappa shape index (κ3) is 6.21. The van der Waals surface area contributed by atoms with E-state index in [-0.39, 0.29) is 0 Å². The van der Waals surface area contributed by atoms with Gasteiger partial charge in [0.2, 0.25) is 0 Å². The first kappa shape index (κ1) is 15.5. The first-order valence-corrected chi connectivity index (χ1v) is 6.93. The Balaban J connectivity index is 2.66. The fourth-order valence-corrected chi connectivity index (χ4v) is 2.07. The van der Waals surface area contributed by atoms with Gasteiger partial charge < -0.3 is 5.32 Å². The zero-order valence-corrected chi connectivity index (χ0v) is 12.2. The highest BCUT2D eigenvalue weighted by atomic mass is 15.1. The van der Waals surface area contributed by atoms with Crippen molar-refractivity contribution in [2.45, 2.75) is 33.7 Å². The van der Waals surface area contributed by atoms with Crippen LogP contribution in [0.25, 0.3) is 0 Å². The molecule has 1 aromatic heterocycles. The van der Waals surface area contributed by atoms with Crippen molar-refractivity contribution in [2.75, 3.05) is 25.0 Å². The van der Waals surface area contributed by atoms with E-state index in [1.165, 1.54) is 5.56 Å². The van der Waals surface area contributed by atoms with Crippen molar-refractivity contribution in [2.24, 2.45) is 5.92 Å². The summed E-state index contributed by atoms with van der Waals surface area (Å²) in [5, 5.41) is 12.0. The molecule has 0 aliphatic heterocycles. The standard InChI is InChI=1S/C15H24N4/c1-4-17-15-10-14(6-8-18-15)12-19(9-5-7-16)11-13(2)3/h6,8,10,13H,4-5,9,11-12H2,1-3H3,(H,17,18). The first-order chi connectivity index (χ1) is 9.15. The van der Waals surface area contributed by atoms with Crippen LogP contribution in [0.15, 0.2) is 18.3 Å². The van der Waals surface area contributed by atoms with Gasteiger partial charge in [0.05, 0.1) is 6.07 Å². The molecule has 1 aromatic rings. The van der Waals surface area contributed by atoms with Gasteiger partial charge >= 0.3 is 0 Å². The molecule has 0 bridgehead atoms. The number of nitriles is 1. The monoisotopic (exact) mass is 260 g/mol. The zero-order chi connectivity index (χ0) is 14.1. The van der Waals surface area contributed by atoms with E-state index in [9.17, 15) is 0 Å². The van der Waals surface area contributed by atoms with Crippen LogP contribution in [0.2, 0.25) is 0 Å². The average Bonchev–Trinajstić information content (AvgIpc) is 2.36. The van der Waals surface area contributed by atoms with Crippen molar-refractivity contribution < 1.29 is 0 Å². The maximum atomic E-state index is 8.73. The Morgan fingerprint density at radius 3 is 2.89 bits per heavy atom. The number of hydrogen-bond acceptors (Lipinski definition) is 4. The molecular formula is C15H24N4. The summed E-state index contributed by atoms with van der Waals surface area (Å²) >= 11 is 0. The summed E-state index contributed by atoms with van der Waals surface area (Å²) in [6, 6.07) is 6.35. The Labute approximate surface area is 116 Å². The second-order valence-electron chi connectivity index (χ2n) is 5.12. The van der Waals surface area contributed by atoms with Gasteiger partial charge in [-0.1, -0.05) is 13.8 Å². The molecule has 0 aliphatic rings. The maximum absolute atomic E-state index is 8.73. The van der Waals surface area contributed by atoms with Crippen molar-refractivity contribution in [1.82, 2.24) is 9.88 Å². The predicted molar refractivity (Wildman–Crippen MR) is 78.7 cm³/mol. The summed E-state index contributed by atoms with van der Waals surface area (Å²) in [5.74, 6) is 1.53. The second kappa shape index (κ2) is 8.49. The lowest BCUT2D eigenvalue weighted by Gasteiger charge is -2.23. The van der Waals surface area contributed by atoms with Crippen LogP contribution in [0.5, 0.6) is 0 Å². The predicted octanol–water partition coefficient (Wildman–Crippen LogP) is 2.89. The third-order valence-corrected chi connectivity index (χ3v) is 2.75. The Morgan fingerprint density at radius 1 is 1.47 bits per heavy atom. The molecule has 0 aromatic carbocycles. The minimum absolute atomic E-state index is 0.581. The molecule has 0 atom stereocenters. The van der Waals surface area contributed by atoms with Gasteiger partial charge in [-0.2, -0.15) is 5.26 Å². The molecule has 0 saturated heterocycles. The molecule has 0 spiro atoms. The van der Waals surface area contributed by atoms with Crippen LogP contribution in [0.3, 0.4) is 0 Å². The summed E-state index contributed by atoms with van der Waals surface area (Å²) < 4.78 is 0. The smallest absolute Gasteiger partial charge is 0.126 e. The average molecular weight is 260 g/mol. The van der Waals surface area contributed by atoms with E-state index in [0.29, 0.717) is 12.3 Å². The fraction of sp³-hybridized carbons (Fsp3) is 0.600. The summed E-state index contributed by atoms with van der Waals surface area (Å²) in [6.07, 6.45) is 2.42. The number of anilines is 1. The number of pyridine rings is 1. The number of rotatable bonds is 8.